The van der Waals surface area contributed by atoms with E-state index in [4.69, 9.17) is 0 Å². The van der Waals surface area contributed by atoms with Gasteiger partial charge in [-0.1, -0.05) is 0 Å². The van der Waals surface area contributed by atoms with Gasteiger partial charge in [0, 0.05) is 32.2 Å². The summed E-state index contributed by atoms with van der Waals surface area (Å²) in [6.07, 6.45) is 0. The van der Waals surface area contributed by atoms with Crippen molar-refractivity contribution in [3.05, 3.63) is 11.6 Å². The first kappa shape index (κ1) is 14.4. The molecule has 6 heteroatoms. The molecule has 1 aromatic rings. The summed E-state index contributed by atoms with van der Waals surface area (Å²) in [5, 5.41) is 11.8. The Morgan fingerprint density at radius 3 is 2.82 bits per heavy atom. The predicted octanol–water partition coefficient (Wildman–Crippen LogP) is 0.822. The second kappa shape index (κ2) is 6.33. The van der Waals surface area contributed by atoms with Crippen LogP contribution >= 0.6 is 12.4 Å². The van der Waals surface area contributed by atoms with Gasteiger partial charge in [-0.3, -0.25) is 4.90 Å². The van der Waals surface area contributed by atoms with E-state index in [2.05, 4.69) is 38.8 Å². The molecule has 0 aliphatic carbocycles. The molecule has 1 aliphatic rings. The summed E-state index contributed by atoms with van der Waals surface area (Å²) in [5.74, 6) is 2.11. The van der Waals surface area contributed by atoms with Crippen LogP contribution in [0.25, 0.3) is 0 Å². The minimum atomic E-state index is 0. The topological polar surface area (TPSA) is 46.0 Å². The molecule has 1 aliphatic heterocycles. The first-order valence-electron chi connectivity index (χ1n) is 6.05. The molecular weight excluding hydrogens is 238 g/mol. The van der Waals surface area contributed by atoms with Gasteiger partial charge in [-0.25, -0.2) is 0 Å². The van der Waals surface area contributed by atoms with Gasteiger partial charge in [0.2, 0.25) is 0 Å². The van der Waals surface area contributed by atoms with Gasteiger partial charge in [-0.05, 0) is 20.8 Å². The number of hydrogen-bond acceptors (Lipinski definition) is 4. The molecule has 0 spiro atoms. The number of piperazine rings is 1. The molecule has 1 unspecified atom stereocenters. The molecule has 98 valence electrons. The van der Waals surface area contributed by atoms with E-state index in [9.17, 15) is 0 Å². The van der Waals surface area contributed by atoms with Gasteiger partial charge in [0.25, 0.3) is 0 Å². The quantitative estimate of drug-likeness (QED) is 0.873. The molecule has 0 saturated carbocycles. The lowest BCUT2D eigenvalue weighted by Gasteiger charge is -2.31. The average molecular weight is 260 g/mol. The highest BCUT2D eigenvalue weighted by molar-refractivity contribution is 5.85. The standard InChI is InChI=1S/C11H21N5.ClH/c1-4-16-10(3)13-14-11(16)8-15-6-5-12-9(2)7-15;/h9,12H,4-8H2,1-3H3;1H. The lowest BCUT2D eigenvalue weighted by Crippen LogP contribution is -2.48. The van der Waals surface area contributed by atoms with Gasteiger partial charge in [0.15, 0.2) is 0 Å². The summed E-state index contributed by atoms with van der Waals surface area (Å²) in [6.45, 7) is 11.5. The molecule has 1 atom stereocenters. The highest BCUT2D eigenvalue weighted by atomic mass is 35.5. The predicted molar refractivity (Wildman–Crippen MR) is 70.4 cm³/mol. The van der Waals surface area contributed by atoms with Crippen molar-refractivity contribution >= 4 is 12.4 Å². The molecule has 0 bridgehead atoms. The van der Waals surface area contributed by atoms with Gasteiger partial charge < -0.3 is 9.88 Å². The van der Waals surface area contributed by atoms with E-state index < -0.39 is 0 Å². The lowest BCUT2D eigenvalue weighted by molar-refractivity contribution is 0.193. The normalized spacial score (nSPS) is 21.2. The number of aryl methyl sites for hydroxylation is 1. The molecule has 2 rings (SSSR count). The van der Waals surface area contributed by atoms with Crippen molar-refractivity contribution < 1.29 is 0 Å². The van der Waals surface area contributed by atoms with E-state index in [-0.39, 0.29) is 12.4 Å². The van der Waals surface area contributed by atoms with Crippen LogP contribution in [-0.4, -0.2) is 45.3 Å². The minimum absolute atomic E-state index is 0. The van der Waals surface area contributed by atoms with Crippen molar-refractivity contribution in [1.29, 1.82) is 0 Å². The van der Waals surface area contributed by atoms with Crippen molar-refractivity contribution in [1.82, 2.24) is 25.0 Å². The Kier molecular flexibility index (Phi) is 5.36. The van der Waals surface area contributed by atoms with Crippen molar-refractivity contribution in [3.63, 3.8) is 0 Å². The molecule has 5 nitrogen and oxygen atoms in total. The third-order valence-electron chi connectivity index (χ3n) is 3.15. The zero-order valence-electron chi connectivity index (χ0n) is 10.8. The van der Waals surface area contributed by atoms with Crippen LogP contribution in [0.3, 0.4) is 0 Å². The first-order chi connectivity index (χ1) is 7.70. The van der Waals surface area contributed by atoms with Crippen LogP contribution < -0.4 is 5.32 Å². The van der Waals surface area contributed by atoms with Gasteiger partial charge in [0.05, 0.1) is 6.54 Å². The summed E-state index contributed by atoms with van der Waals surface area (Å²) in [7, 11) is 0. The van der Waals surface area contributed by atoms with E-state index in [0.717, 1.165) is 44.4 Å². The fourth-order valence-electron chi connectivity index (χ4n) is 2.31. The van der Waals surface area contributed by atoms with Gasteiger partial charge in [-0.2, -0.15) is 0 Å². The van der Waals surface area contributed by atoms with E-state index in [0.29, 0.717) is 6.04 Å². The van der Waals surface area contributed by atoms with Crippen molar-refractivity contribution in [2.24, 2.45) is 0 Å². The summed E-state index contributed by atoms with van der Waals surface area (Å²) in [5.41, 5.74) is 0. The van der Waals surface area contributed by atoms with E-state index in [1.807, 2.05) is 6.92 Å². The van der Waals surface area contributed by atoms with Gasteiger partial charge >= 0.3 is 0 Å². The third kappa shape index (κ3) is 3.40. The summed E-state index contributed by atoms with van der Waals surface area (Å²) in [6, 6.07) is 0.577. The van der Waals surface area contributed by atoms with Crippen molar-refractivity contribution in [2.75, 3.05) is 19.6 Å². The number of nitrogens with zero attached hydrogens (tertiary/aromatic N) is 4. The third-order valence-corrected chi connectivity index (χ3v) is 3.15. The van der Waals surface area contributed by atoms with E-state index in [1.165, 1.54) is 0 Å². The number of hydrogen-bond donors (Lipinski definition) is 1. The molecule has 1 saturated heterocycles. The van der Waals surface area contributed by atoms with E-state index >= 15 is 0 Å². The summed E-state index contributed by atoms with van der Waals surface area (Å²) in [4.78, 5) is 2.44. The molecule has 17 heavy (non-hydrogen) atoms. The SMILES string of the molecule is CCn1c(C)nnc1CN1CCNC(C)C1.Cl. The first-order valence-corrected chi connectivity index (χ1v) is 6.05. The Bertz CT molecular complexity index is 352. The van der Waals surface area contributed by atoms with Crippen LogP contribution in [0.5, 0.6) is 0 Å². The summed E-state index contributed by atoms with van der Waals surface area (Å²) < 4.78 is 2.19. The Morgan fingerprint density at radius 2 is 2.18 bits per heavy atom. The number of halogens is 1. The monoisotopic (exact) mass is 259 g/mol. The molecular formula is C11H22ClN5. The van der Waals surface area contributed by atoms with Crippen LogP contribution in [0.4, 0.5) is 0 Å². The van der Waals surface area contributed by atoms with Crippen molar-refractivity contribution in [2.45, 2.75) is 39.9 Å². The van der Waals surface area contributed by atoms with E-state index in [1.54, 1.807) is 0 Å². The maximum absolute atomic E-state index is 4.26. The smallest absolute Gasteiger partial charge is 0.147 e. The molecule has 1 N–H and O–H groups in total. The number of aromatic nitrogens is 3. The zero-order chi connectivity index (χ0) is 11.5. The molecule has 2 heterocycles. The fourth-order valence-corrected chi connectivity index (χ4v) is 2.31. The van der Waals surface area contributed by atoms with Crippen LogP contribution in [-0.2, 0) is 13.1 Å². The minimum Gasteiger partial charge on any atom is -0.314 e. The zero-order valence-corrected chi connectivity index (χ0v) is 11.6. The molecule has 0 amide bonds. The van der Waals surface area contributed by atoms with Gasteiger partial charge in [-0.15, -0.1) is 22.6 Å². The highest BCUT2D eigenvalue weighted by Crippen LogP contribution is 2.07. The van der Waals surface area contributed by atoms with Crippen LogP contribution in [0.1, 0.15) is 25.5 Å². The summed E-state index contributed by atoms with van der Waals surface area (Å²) >= 11 is 0. The Morgan fingerprint density at radius 1 is 1.41 bits per heavy atom. The largest absolute Gasteiger partial charge is 0.314 e. The molecule has 1 fully saturated rings. The Balaban J connectivity index is 0.00000144. The highest BCUT2D eigenvalue weighted by Gasteiger charge is 2.18. The second-order valence-electron chi connectivity index (χ2n) is 4.50. The number of rotatable bonds is 3. The number of nitrogens with one attached hydrogen (secondary N) is 1. The Hall–Kier alpha value is -0.650. The fraction of sp³-hybridized carbons (Fsp3) is 0.818. The van der Waals surface area contributed by atoms with Crippen LogP contribution in [0.15, 0.2) is 0 Å². The maximum atomic E-state index is 4.26. The van der Waals surface area contributed by atoms with Crippen LogP contribution in [0, 0.1) is 6.92 Å². The molecule has 0 aromatic carbocycles. The molecule has 0 radical (unpaired) electrons. The molecule has 1 aromatic heterocycles. The maximum Gasteiger partial charge on any atom is 0.147 e. The lowest BCUT2D eigenvalue weighted by atomic mass is 10.2. The van der Waals surface area contributed by atoms with Gasteiger partial charge in [0.1, 0.15) is 11.6 Å². The average Bonchev–Trinajstić information content (AvgIpc) is 2.59. The second-order valence-corrected chi connectivity index (χ2v) is 4.50. The Labute approximate surface area is 109 Å². The van der Waals surface area contributed by atoms with Crippen LogP contribution in [0.2, 0.25) is 0 Å². The van der Waals surface area contributed by atoms with Crippen molar-refractivity contribution in [3.8, 4) is 0 Å².